The molecule has 0 fully saturated rings. The number of hydrogen-bond donors (Lipinski definition) is 1. The van der Waals surface area contributed by atoms with E-state index in [0.29, 0.717) is 17.0 Å². The summed E-state index contributed by atoms with van der Waals surface area (Å²) in [6.07, 6.45) is 3.11. The van der Waals surface area contributed by atoms with Gasteiger partial charge in [-0.1, -0.05) is 18.2 Å². The minimum atomic E-state index is -4.19. The van der Waals surface area contributed by atoms with E-state index >= 15 is 0 Å². The molecule has 0 aliphatic rings. The van der Waals surface area contributed by atoms with Crippen molar-refractivity contribution in [2.45, 2.75) is 25.6 Å². The molecule has 0 bridgehead atoms. The lowest BCUT2D eigenvalue weighted by molar-refractivity contribution is 0.0469. The average Bonchev–Trinajstić information content (AvgIpc) is 3.21. The molecular formula is C20H18N6O4S. The molecule has 3 heterocycles. The lowest BCUT2D eigenvalue weighted by Gasteiger charge is -2.13. The maximum Gasteiger partial charge on any atom is 0.340 e. The second-order valence-corrected chi connectivity index (χ2v) is 8.27. The third-order valence-corrected chi connectivity index (χ3v) is 5.58. The van der Waals surface area contributed by atoms with Crippen LogP contribution in [0.1, 0.15) is 27.3 Å². The van der Waals surface area contributed by atoms with E-state index in [1.54, 1.807) is 56.4 Å². The zero-order valence-corrected chi connectivity index (χ0v) is 17.5. The summed E-state index contributed by atoms with van der Waals surface area (Å²) >= 11 is 0. The molecule has 0 radical (unpaired) electrons. The molecule has 31 heavy (non-hydrogen) atoms. The molecule has 0 aliphatic carbocycles. The van der Waals surface area contributed by atoms with Crippen LogP contribution in [0, 0.1) is 13.8 Å². The van der Waals surface area contributed by atoms with E-state index in [0.717, 1.165) is 0 Å². The summed E-state index contributed by atoms with van der Waals surface area (Å²) in [4.78, 5) is 24.8. The Hall–Kier alpha value is -3.86. The van der Waals surface area contributed by atoms with Gasteiger partial charge in [-0.25, -0.2) is 14.3 Å². The van der Waals surface area contributed by atoms with Gasteiger partial charge in [0, 0.05) is 18.1 Å². The first kappa shape index (κ1) is 20.4. The first-order valence-electron chi connectivity index (χ1n) is 9.23. The molecular weight excluding hydrogens is 420 g/mol. The highest BCUT2D eigenvalue weighted by atomic mass is 32.2. The monoisotopic (exact) mass is 438 g/mol. The van der Waals surface area contributed by atoms with Crippen molar-refractivity contribution in [2.24, 2.45) is 0 Å². The fraction of sp³-hybridized carbons (Fsp3) is 0.150. The number of benzene rings is 1. The predicted molar refractivity (Wildman–Crippen MR) is 111 cm³/mol. The van der Waals surface area contributed by atoms with Crippen molar-refractivity contribution >= 4 is 27.5 Å². The van der Waals surface area contributed by atoms with Gasteiger partial charge in [0.2, 0.25) is 0 Å². The Kier molecular flexibility index (Phi) is 5.34. The number of fused-ring (bicyclic) bond motifs is 1. The van der Waals surface area contributed by atoms with Crippen molar-refractivity contribution in [3.05, 3.63) is 77.4 Å². The molecule has 0 amide bonds. The third kappa shape index (κ3) is 4.21. The fourth-order valence-corrected chi connectivity index (χ4v) is 3.88. The number of aromatic nitrogens is 5. The number of para-hydroxylation sites is 1. The van der Waals surface area contributed by atoms with Gasteiger partial charge in [-0.15, -0.1) is 5.10 Å². The Morgan fingerprint density at radius 1 is 1.06 bits per heavy atom. The van der Waals surface area contributed by atoms with Gasteiger partial charge < -0.3 is 4.74 Å². The van der Waals surface area contributed by atoms with Crippen molar-refractivity contribution in [1.29, 1.82) is 0 Å². The van der Waals surface area contributed by atoms with Gasteiger partial charge in [-0.2, -0.15) is 13.4 Å². The number of hydrogen-bond acceptors (Lipinski definition) is 8. The van der Waals surface area contributed by atoms with Crippen LogP contribution in [0.15, 0.2) is 60.0 Å². The van der Waals surface area contributed by atoms with Crippen LogP contribution in [-0.4, -0.2) is 39.0 Å². The Bertz CT molecular complexity index is 1370. The molecule has 0 saturated heterocycles. The summed E-state index contributed by atoms with van der Waals surface area (Å²) in [5, 5.41) is 3.58. The van der Waals surface area contributed by atoms with Gasteiger partial charge in [0.25, 0.3) is 21.0 Å². The first-order chi connectivity index (χ1) is 14.8. The number of anilines is 1. The summed E-state index contributed by atoms with van der Waals surface area (Å²) in [5.74, 6) is -0.535. The smallest absolute Gasteiger partial charge is 0.340 e. The standard InChI is InChI=1S/C20H18N6O4S/c1-13-6-5-8-16(18(27)30-12-15-7-3-4-10-21-15)17(13)25-31(28,29)20-23-19-22-11-9-14(2)26(19)24-20/h3-11,25H,12H2,1-2H3. The van der Waals surface area contributed by atoms with E-state index in [4.69, 9.17) is 4.74 Å². The number of sulfonamides is 1. The number of pyridine rings is 1. The number of rotatable bonds is 6. The molecule has 1 aromatic carbocycles. The van der Waals surface area contributed by atoms with Crippen LogP contribution in [0.5, 0.6) is 0 Å². The Balaban J connectivity index is 1.63. The van der Waals surface area contributed by atoms with Gasteiger partial charge in [0.15, 0.2) is 0 Å². The summed E-state index contributed by atoms with van der Waals surface area (Å²) in [6, 6.07) is 11.7. The zero-order chi connectivity index (χ0) is 22.0. The van der Waals surface area contributed by atoms with E-state index in [-0.39, 0.29) is 23.6 Å². The highest BCUT2D eigenvalue weighted by molar-refractivity contribution is 7.92. The van der Waals surface area contributed by atoms with E-state index in [1.165, 1.54) is 16.8 Å². The molecule has 0 saturated carbocycles. The minimum Gasteiger partial charge on any atom is -0.456 e. The van der Waals surface area contributed by atoms with Crippen LogP contribution < -0.4 is 4.72 Å². The van der Waals surface area contributed by atoms with Crippen LogP contribution in [-0.2, 0) is 21.4 Å². The summed E-state index contributed by atoms with van der Waals surface area (Å²) in [6.45, 7) is 3.39. The second kappa shape index (κ2) is 8.11. The second-order valence-electron chi connectivity index (χ2n) is 6.69. The maximum absolute atomic E-state index is 12.9. The van der Waals surface area contributed by atoms with Crippen LogP contribution >= 0.6 is 0 Å². The molecule has 1 N–H and O–H groups in total. The number of nitrogens with zero attached hydrogens (tertiary/aromatic N) is 5. The Morgan fingerprint density at radius 3 is 2.65 bits per heavy atom. The molecule has 4 rings (SSSR count). The summed E-state index contributed by atoms with van der Waals surface area (Å²) < 4.78 is 35.0. The van der Waals surface area contributed by atoms with Crippen LogP contribution in [0.25, 0.3) is 5.78 Å². The van der Waals surface area contributed by atoms with Crippen molar-refractivity contribution < 1.29 is 17.9 Å². The quantitative estimate of drug-likeness (QED) is 0.454. The molecule has 0 atom stereocenters. The van der Waals surface area contributed by atoms with Crippen molar-refractivity contribution in [2.75, 3.05) is 4.72 Å². The fourth-order valence-electron chi connectivity index (χ4n) is 2.86. The average molecular weight is 438 g/mol. The van der Waals surface area contributed by atoms with Crippen molar-refractivity contribution in [1.82, 2.24) is 24.6 Å². The number of esters is 1. The minimum absolute atomic E-state index is 0.0429. The van der Waals surface area contributed by atoms with E-state index in [9.17, 15) is 13.2 Å². The number of carbonyl (C=O) groups is 1. The van der Waals surface area contributed by atoms with Crippen molar-refractivity contribution in [3.63, 3.8) is 0 Å². The zero-order valence-electron chi connectivity index (χ0n) is 16.7. The topological polar surface area (TPSA) is 128 Å². The van der Waals surface area contributed by atoms with Gasteiger partial charge in [-0.3, -0.25) is 9.71 Å². The molecule has 0 spiro atoms. The van der Waals surface area contributed by atoms with E-state index in [1.807, 2.05) is 0 Å². The molecule has 158 valence electrons. The summed E-state index contributed by atoms with van der Waals surface area (Å²) in [7, 11) is -4.19. The van der Waals surface area contributed by atoms with E-state index in [2.05, 4.69) is 24.8 Å². The van der Waals surface area contributed by atoms with Crippen LogP contribution in [0.2, 0.25) is 0 Å². The normalized spacial score (nSPS) is 11.4. The van der Waals surface area contributed by atoms with Crippen molar-refractivity contribution in [3.8, 4) is 0 Å². The molecule has 11 heteroatoms. The van der Waals surface area contributed by atoms with Crippen LogP contribution in [0.4, 0.5) is 5.69 Å². The van der Waals surface area contributed by atoms with E-state index < -0.39 is 21.1 Å². The predicted octanol–water partition coefficient (Wildman–Crippen LogP) is 2.29. The number of carbonyl (C=O) groups excluding carboxylic acids is 1. The highest BCUT2D eigenvalue weighted by Gasteiger charge is 2.25. The Labute approximate surface area is 178 Å². The van der Waals surface area contributed by atoms with Crippen LogP contribution in [0.3, 0.4) is 0 Å². The largest absolute Gasteiger partial charge is 0.456 e. The number of nitrogens with one attached hydrogen (secondary N) is 1. The van der Waals surface area contributed by atoms with Gasteiger partial charge in [-0.05, 0) is 43.7 Å². The third-order valence-electron chi connectivity index (χ3n) is 4.46. The van der Waals surface area contributed by atoms with Gasteiger partial charge in [0.05, 0.1) is 16.9 Å². The summed E-state index contributed by atoms with van der Waals surface area (Å²) in [5.41, 5.74) is 1.94. The van der Waals surface area contributed by atoms with Gasteiger partial charge >= 0.3 is 5.97 Å². The Morgan fingerprint density at radius 2 is 1.90 bits per heavy atom. The molecule has 0 unspecified atom stereocenters. The van der Waals surface area contributed by atoms with Gasteiger partial charge in [0.1, 0.15) is 6.61 Å². The SMILES string of the molecule is Cc1cccc(C(=O)OCc2ccccn2)c1NS(=O)(=O)c1nc2nccc(C)n2n1. The number of ether oxygens (including phenoxy) is 1. The molecule has 4 aromatic rings. The first-order valence-corrected chi connectivity index (χ1v) is 10.7. The lowest BCUT2D eigenvalue weighted by Crippen LogP contribution is -2.19. The maximum atomic E-state index is 12.9. The molecule has 0 aliphatic heterocycles. The molecule has 3 aromatic heterocycles. The lowest BCUT2D eigenvalue weighted by atomic mass is 10.1. The number of aryl methyl sites for hydroxylation is 2. The molecule has 10 nitrogen and oxygen atoms in total. The highest BCUT2D eigenvalue weighted by Crippen LogP contribution is 2.24.